The van der Waals surface area contributed by atoms with Crippen molar-refractivity contribution in [3.05, 3.63) is 22.4 Å². The van der Waals surface area contributed by atoms with Crippen LogP contribution in [0.2, 0.25) is 0 Å². The van der Waals surface area contributed by atoms with E-state index in [1.807, 2.05) is 22.7 Å². The highest BCUT2D eigenvalue weighted by molar-refractivity contribution is 7.26. The Bertz CT molecular complexity index is 457. The molecule has 0 aliphatic heterocycles. The number of thiophene rings is 2. The summed E-state index contributed by atoms with van der Waals surface area (Å²) in [4.78, 5) is 1.53. The van der Waals surface area contributed by atoms with Crippen LogP contribution < -0.4 is 5.32 Å². The van der Waals surface area contributed by atoms with E-state index < -0.39 is 0 Å². The third kappa shape index (κ3) is 4.57. The molecule has 1 unspecified atom stereocenters. The Kier molecular flexibility index (Phi) is 7.05. The number of rotatable bonds is 10. The molecule has 0 aliphatic carbocycles. The van der Waals surface area contributed by atoms with Gasteiger partial charge in [0.15, 0.2) is 0 Å². The fraction of sp³-hybridized carbons (Fsp3) is 0.647. The monoisotopic (exact) mass is 309 g/mol. The molecule has 0 aliphatic rings. The zero-order valence-corrected chi connectivity index (χ0v) is 14.4. The first kappa shape index (κ1) is 16.0. The van der Waals surface area contributed by atoms with Gasteiger partial charge in [-0.3, -0.25) is 0 Å². The lowest BCUT2D eigenvalue weighted by atomic mass is 10.0. The molecule has 3 heteroatoms. The molecule has 1 nitrogen and oxygen atoms in total. The molecule has 0 saturated heterocycles. The summed E-state index contributed by atoms with van der Waals surface area (Å²) in [5.74, 6) is 0. The van der Waals surface area contributed by atoms with E-state index in [1.54, 1.807) is 0 Å². The Labute approximate surface area is 131 Å². The third-order valence-corrected chi connectivity index (χ3v) is 6.01. The van der Waals surface area contributed by atoms with E-state index in [-0.39, 0.29) is 0 Å². The van der Waals surface area contributed by atoms with Gasteiger partial charge in [-0.25, -0.2) is 0 Å². The van der Waals surface area contributed by atoms with Crippen LogP contribution in [0.3, 0.4) is 0 Å². The standard InChI is InChI=1S/C17H27NS2/c1-3-5-6-7-8-9-10-14(18-4-2)16-13-17-15(20-16)11-12-19-17/h11-14,18H,3-10H2,1-2H3. The first-order valence-electron chi connectivity index (χ1n) is 8.05. The smallest absolute Gasteiger partial charge is 0.0454 e. The van der Waals surface area contributed by atoms with Gasteiger partial charge in [0.1, 0.15) is 0 Å². The molecule has 2 aromatic rings. The summed E-state index contributed by atoms with van der Waals surface area (Å²) >= 11 is 3.84. The maximum absolute atomic E-state index is 3.67. The second-order valence-electron chi connectivity index (χ2n) is 5.46. The van der Waals surface area contributed by atoms with Crippen LogP contribution in [0, 0.1) is 0 Å². The van der Waals surface area contributed by atoms with Crippen molar-refractivity contribution in [2.45, 2.75) is 64.8 Å². The molecule has 0 spiro atoms. The van der Waals surface area contributed by atoms with Crippen molar-refractivity contribution < 1.29 is 0 Å². The summed E-state index contributed by atoms with van der Waals surface area (Å²) in [7, 11) is 0. The molecule has 0 fully saturated rings. The van der Waals surface area contributed by atoms with Crippen LogP contribution in [0.4, 0.5) is 0 Å². The zero-order valence-electron chi connectivity index (χ0n) is 12.8. The van der Waals surface area contributed by atoms with Crippen molar-refractivity contribution in [2.24, 2.45) is 0 Å². The summed E-state index contributed by atoms with van der Waals surface area (Å²) in [5, 5.41) is 5.86. The minimum Gasteiger partial charge on any atom is -0.310 e. The molecule has 2 rings (SSSR count). The van der Waals surface area contributed by atoms with Crippen molar-refractivity contribution in [3.8, 4) is 0 Å². The molecule has 2 heterocycles. The minimum absolute atomic E-state index is 0.566. The summed E-state index contributed by atoms with van der Waals surface area (Å²) in [5.41, 5.74) is 0. The lowest BCUT2D eigenvalue weighted by Crippen LogP contribution is -2.19. The molecule has 1 atom stereocenters. The second kappa shape index (κ2) is 8.81. The molecular formula is C17H27NS2. The van der Waals surface area contributed by atoms with Crippen LogP contribution in [0.1, 0.15) is 69.7 Å². The Hall–Kier alpha value is -0.380. The normalized spacial score (nSPS) is 13.1. The van der Waals surface area contributed by atoms with Gasteiger partial charge in [-0.2, -0.15) is 0 Å². The topological polar surface area (TPSA) is 12.0 Å². The van der Waals surface area contributed by atoms with E-state index in [9.17, 15) is 0 Å². The molecular weight excluding hydrogens is 282 g/mol. The maximum Gasteiger partial charge on any atom is 0.0454 e. The molecule has 0 bridgehead atoms. The predicted octanol–water partition coefficient (Wildman–Crippen LogP) is 6.36. The molecule has 0 aromatic carbocycles. The van der Waals surface area contributed by atoms with Crippen molar-refractivity contribution >= 4 is 32.1 Å². The number of nitrogens with one attached hydrogen (secondary N) is 1. The van der Waals surface area contributed by atoms with Crippen LogP contribution in [-0.2, 0) is 0 Å². The van der Waals surface area contributed by atoms with Gasteiger partial charge in [-0.1, -0.05) is 52.4 Å². The zero-order chi connectivity index (χ0) is 14.2. The molecule has 20 heavy (non-hydrogen) atoms. The molecule has 0 radical (unpaired) electrons. The Morgan fingerprint density at radius 2 is 1.85 bits per heavy atom. The van der Waals surface area contributed by atoms with Crippen LogP contribution in [0.15, 0.2) is 17.5 Å². The van der Waals surface area contributed by atoms with E-state index in [1.165, 1.54) is 59.2 Å². The van der Waals surface area contributed by atoms with Gasteiger partial charge in [-0.15, -0.1) is 22.7 Å². The number of hydrogen-bond acceptors (Lipinski definition) is 3. The summed E-state index contributed by atoms with van der Waals surface area (Å²) in [6, 6.07) is 5.22. The van der Waals surface area contributed by atoms with Gasteiger partial charge in [0.25, 0.3) is 0 Å². The van der Waals surface area contributed by atoms with Crippen LogP contribution in [0.5, 0.6) is 0 Å². The van der Waals surface area contributed by atoms with Crippen LogP contribution >= 0.6 is 22.7 Å². The fourth-order valence-electron chi connectivity index (χ4n) is 2.68. The van der Waals surface area contributed by atoms with E-state index in [0.717, 1.165) is 6.54 Å². The average molecular weight is 310 g/mol. The van der Waals surface area contributed by atoms with Crippen molar-refractivity contribution in [1.29, 1.82) is 0 Å². The Balaban J connectivity index is 1.82. The molecule has 0 saturated carbocycles. The van der Waals surface area contributed by atoms with Gasteiger partial charge in [0, 0.05) is 20.3 Å². The van der Waals surface area contributed by atoms with Crippen LogP contribution in [0.25, 0.3) is 9.40 Å². The van der Waals surface area contributed by atoms with Crippen molar-refractivity contribution in [2.75, 3.05) is 6.54 Å². The summed E-state index contributed by atoms with van der Waals surface area (Å²) in [6.07, 6.45) is 9.59. The lowest BCUT2D eigenvalue weighted by Gasteiger charge is -2.16. The molecule has 2 aromatic heterocycles. The van der Waals surface area contributed by atoms with Gasteiger partial charge >= 0.3 is 0 Å². The second-order valence-corrected chi connectivity index (χ2v) is 7.53. The van der Waals surface area contributed by atoms with Crippen molar-refractivity contribution in [3.63, 3.8) is 0 Å². The van der Waals surface area contributed by atoms with Gasteiger partial charge in [0.05, 0.1) is 0 Å². The minimum atomic E-state index is 0.566. The summed E-state index contributed by atoms with van der Waals surface area (Å²) in [6.45, 7) is 5.56. The number of hydrogen-bond donors (Lipinski definition) is 1. The third-order valence-electron chi connectivity index (χ3n) is 3.80. The first-order valence-corrected chi connectivity index (χ1v) is 9.75. The van der Waals surface area contributed by atoms with Crippen LogP contribution in [-0.4, -0.2) is 6.54 Å². The Morgan fingerprint density at radius 1 is 1.05 bits per heavy atom. The van der Waals surface area contributed by atoms with Crippen molar-refractivity contribution in [1.82, 2.24) is 5.32 Å². The molecule has 1 N–H and O–H groups in total. The van der Waals surface area contributed by atoms with E-state index in [4.69, 9.17) is 0 Å². The first-order chi connectivity index (χ1) is 9.85. The highest BCUT2D eigenvalue weighted by Gasteiger charge is 2.13. The van der Waals surface area contributed by atoms with E-state index in [2.05, 4.69) is 36.7 Å². The van der Waals surface area contributed by atoms with Gasteiger partial charge < -0.3 is 5.32 Å². The molecule has 112 valence electrons. The lowest BCUT2D eigenvalue weighted by molar-refractivity contribution is 0.482. The summed E-state index contributed by atoms with van der Waals surface area (Å²) < 4.78 is 2.91. The predicted molar refractivity (Wildman–Crippen MR) is 94.1 cm³/mol. The number of fused-ring (bicyclic) bond motifs is 1. The fourth-order valence-corrected chi connectivity index (χ4v) is 4.91. The quantitative estimate of drug-likeness (QED) is 0.503. The average Bonchev–Trinajstić information content (AvgIpc) is 3.02. The van der Waals surface area contributed by atoms with E-state index in [0.29, 0.717) is 6.04 Å². The maximum atomic E-state index is 3.67. The van der Waals surface area contributed by atoms with E-state index >= 15 is 0 Å². The van der Waals surface area contributed by atoms with Gasteiger partial charge in [0.2, 0.25) is 0 Å². The SMILES string of the molecule is CCCCCCCCC(NCC)c1cc2sccc2s1. The highest BCUT2D eigenvalue weighted by atomic mass is 32.1. The Morgan fingerprint density at radius 3 is 2.60 bits per heavy atom. The molecule has 0 amide bonds. The highest BCUT2D eigenvalue weighted by Crippen LogP contribution is 2.35. The van der Waals surface area contributed by atoms with Gasteiger partial charge in [-0.05, 0) is 30.5 Å². The largest absolute Gasteiger partial charge is 0.310 e. The number of unbranched alkanes of at least 4 members (excludes halogenated alkanes) is 5.